The summed E-state index contributed by atoms with van der Waals surface area (Å²) in [6.07, 6.45) is 0.684. The van der Waals surface area contributed by atoms with E-state index >= 15 is 0 Å². The number of aromatic nitrogens is 2. The van der Waals surface area contributed by atoms with Crippen molar-refractivity contribution in [3.8, 4) is 11.5 Å². The van der Waals surface area contributed by atoms with E-state index in [0.717, 1.165) is 5.56 Å². The van der Waals surface area contributed by atoms with Gasteiger partial charge in [-0.3, -0.25) is 9.59 Å². The first-order valence-corrected chi connectivity index (χ1v) is 10.7. The number of amides is 2. The zero-order valence-electron chi connectivity index (χ0n) is 14.9. The zero-order valence-corrected chi connectivity index (χ0v) is 17.3. The number of ether oxygens (including phenoxy) is 2. The number of nitrogens with two attached hydrogens (primary N) is 1. The Morgan fingerprint density at radius 2 is 1.78 bits per heavy atom. The van der Waals surface area contributed by atoms with E-state index in [1.807, 2.05) is 18.2 Å². The average molecular weight is 429 g/mol. The van der Waals surface area contributed by atoms with Crippen molar-refractivity contribution in [2.75, 3.05) is 32.3 Å². The van der Waals surface area contributed by atoms with Gasteiger partial charge in [-0.1, -0.05) is 40.9 Å². The third-order valence-corrected chi connectivity index (χ3v) is 6.45. The van der Waals surface area contributed by atoms with Crippen molar-refractivity contribution >= 4 is 46.7 Å². The van der Waals surface area contributed by atoms with Gasteiger partial charge < -0.3 is 20.5 Å². The van der Waals surface area contributed by atoms with Crippen molar-refractivity contribution in [1.29, 1.82) is 0 Å². The maximum Gasteiger partial charge on any atom is 0.230 e. The quantitative estimate of drug-likeness (QED) is 0.518. The molecule has 3 N–H and O–H groups in total. The summed E-state index contributed by atoms with van der Waals surface area (Å²) in [6, 6.07) is 5.68. The standard InChI is InChI=1S/C16H20N4O4S3/c1-23-11-4-3-10(7-12(11)24-2)5-6-18-14(22)9-26-16-20-19-15(27-16)25-8-13(17)21/h3-4,7H,5-6,8-9H2,1-2H3,(H2,17,21)(H,18,22). The molecule has 0 saturated heterocycles. The molecule has 1 aromatic heterocycles. The molecule has 0 fully saturated rings. The van der Waals surface area contributed by atoms with E-state index in [9.17, 15) is 9.59 Å². The van der Waals surface area contributed by atoms with Crippen LogP contribution in [0.3, 0.4) is 0 Å². The van der Waals surface area contributed by atoms with Crippen LogP contribution in [0, 0.1) is 0 Å². The number of thioether (sulfide) groups is 2. The predicted octanol–water partition coefficient (Wildman–Crippen LogP) is 1.58. The summed E-state index contributed by atoms with van der Waals surface area (Å²) in [7, 11) is 3.18. The predicted molar refractivity (Wildman–Crippen MR) is 107 cm³/mol. The van der Waals surface area contributed by atoms with Gasteiger partial charge in [-0.05, 0) is 24.1 Å². The molecule has 2 amide bonds. The topological polar surface area (TPSA) is 116 Å². The smallest absolute Gasteiger partial charge is 0.230 e. The first-order chi connectivity index (χ1) is 13.0. The molecule has 0 atom stereocenters. The number of nitrogens with zero attached hydrogens (tertiary/aromatic N) is 2. The molecule has 0 aliphatic heterocycles. The van der Waals surface area contributed by atoms with Crippen LogP contribution in [-0.2, 0) is 16.0 Å². The summed E-state index contributed by atoms with van der Waals surface area (Å²) in [6.45, 7) is 0.519. The monoisotopic (exact) mass is 428 g/mol. The molecule has 146 valence electrons. The van der Waals surface area contributed by atoms with Gasteiger partial charge in [0.1, 0.15) is 0 Å². The van der Waals surface area contributed by atoms with E-state index in [1.165, 1.54) is 34.9 Å². The Morgan fingerprint density at radius 3 is 2.41 bits per heavy atom. The second-order valence-electron chi connectivity index (χ2n) is 5.17. The largest absolute Gasteiger partial charge is 0.493 e. The van der Waals surface area contributed by atoms with Crippen molar-refractivity contribution in [3.63, 3.8) is 0 Å². The van der Waals surface area contributed by atoms with Gasteiger partial charge in [-0.2, -0.15) is 0 Å². The van der Waals surface area contributed by atoms with Gasteiger partial charge in [-0.25, -0.2) is 0 Å². The van der Waals surface area contributed by atoms with Crippen molar-refractivity contribution in [2.24, 2.45) is 5.73 Å². The SMILES string of the molecule is COc1ccc(CCNC(=O)CSc2nnc(SCC(N)=O)s2)cc1OC. The van der Waals surface area contributed by atoms with Crippen LogP contribution >= 0.6 is 34.9 Å². The van der Waals surface area contributed by atoms with E-state index in [1.54, 1.807) is 14.2 Å². The molecule has 2 rings (SSSR count). The molecule has 1 heterocycles. The Kier molecular flexibility index (Phi) is 8.69. The van der Waals surface area contributed by atoms with Gasteiger partial charge in [0.2, 0.25) is 11.8 Å². The summed E-state index contributed by atoms with van der Waals surface area (Å²) in [5, 5.41) is 10.8. The van der Waals surface area contributed by atoms with Crippen LogP contribution < -0.4 is 20.5 Å². The van der Waals surface area contributed by atoms with E-state index in [4.69, 9.17) is 15.2 Å². The average Bonchev–Trinajstić information content (AvgIpc) is 3.12. The first-order valence-electron chi connectivity index (χ1n) is 7.86. The van der Waals surface area contributed by atoms with E-state index < -0.39 is 5.91 Å². The highest BCUT2D eigenvalue weighted by Crippen LogP contribution is 2.29. The Bertz CT molecular complexity index is 785. The van der Waals surface area contributed by atoms with Crippen LogP contribution in [0.2, 0.25) is 0 Å². The number of nitrogens with one attached hydrogen (secondary N) is 1. The minimum atomic E-state index is -0.404. The number of hydrogen-bond donors (Lipinski definition) is 2. The number of hydrogen-bond acceptors (Lipinski definition) is 9. The maximum absolute atomic E-state index is 12.0. The summed E-state index contributed by atoms with van der Waals surface area (Å²) in [5.41, 5.74) is 6.13. The van der Waals surface area contributed by atoms with E-state index in [2.05, 4.69) is 15.5 Å². The Hall–Kier alpha value is -1.98. The second kappa shape index (κ2) is 11.0. The van der Waals surface area contributed by atoms with Crippen LogP contribution in [0.25, 0.3) is 0 Å². The fourth-order valence-corrected chi connectivity index (χ4v) is 4.60. The lowest BCUT2D eigenvalue weighted by atomic mass is 10.1. The first kappa shape index (κ1) is 21.3. The highest BCUT2D eigenvalue weighted by molar-refractivity contribution is 8.03. The number of methoxy groups -OCH3 is 2. The van der Waals surface area contributed by atoms with Gasteiger partial charge >= 0.3 is 0 Å². The molecule has 2 aromatic rings. The number of primary amides is 1. The molecule has 0 aliphatic rings. The summed E-state index contributed by atoms with van der Waals surface area (Å²) in [4.78, 5) is 22.7. The van der Waals surface area contributed by atoms with Crippen molar-refractivity contribution in [2.45, 2.75) is 15.1 Å². The molecule has 11 heteroatoms. The van der Waals surface area contributed by atoms with E-state index in [0.29, 0.717) is 33.1 Å². The highest BCUT2D eigenvalue weighted by atomic mass is 32.2. The molecule has 27 heavy (non-hydrogen) atoms. The van der Waals surface area contributed by atoms with E-state index in [-0.39, 0.29) is 17.4 Å². The fraction of sp³-hybridized carbons (Fsp3) is 0.375. The Balaban J connectivity index is 1.71. The molecule has 0 bridgehead atoms. The molecular weight excluding hydrogens is 408 g/mol. The molecule has 0 radical (unpaired) electrons. The van der Waals surface area contributed by atoms with Gasteiger partial charge in [0, 0.05) is 6.54 Å². The molecule has 0 aliphatic carbocycles. The van der Waals surface area contributed by atoms with Crippen molar-refractivity contribution in [1.82, 2.24) is 15.5 Å². The minimum Gasteiger partial charge on any atom is -0.493 e. The number of rotatable bonds is 11. The molecular formula is C16H20N4O4S3. The Morgan fingerprint density at radius 1 is 1.11 bits per heavy atom. The van der Waals surface area contributed by atoms with Crippen LogP contribution in [0.5, 0.6) is 11.5 Å². The molecule has 0 unspecified atom stereocenters. The lowest BCUT2D eigenvalue weighted by molar-refractivity contribution is -0.118. The molecule has 0 spiro atoms. The number of benzene rings is 1. The van der Waals surface area contributed by atoms with Crippen LogP contribution in [0.15, 0.2) is 26.9 Å². The maximum atomic E-state index is 12.0. The number of carbonyl (C=O) groups excluding carboxylic acids is 2. The Labute approximate surface area is 169 Å². The highest BCUT2D eigenvalue weighted by Gasteiger charge is 2.10. The molecule has 1 aromatic carbocycles. The second-order valence-corrected chi connectivity index (χ2v) is 8.59. The summed E-state index contributed by atoms with van der Waals surface area (Å²) >= 11 is 3.88. The van der Waals surface area contributed by atoms with Gasteiger partial charge in [-0.15, -0.1) is 10.2 Å². The normalized spacial score (nSPS) is 10.4. The van der Waals surface area contributed by atoms with Crippen molar-refractivity contribution < 1.29 is 19.1 Å². The van der Waals surface area contributed by atoms with Gasteiger partial charge in [0.25, 0.3) is 0 Å². The fourth-order valence-electron chi connectivity index (χ4n) is 2.01. The van der Waals surface area contributed by atoms with Crippen LogP contribution in [0.4, 0.5) is 0 Å². The summed E-state index contributed by atoms with van der Waals surface area (Å²) in [5.74, 6) is 1.27. The van der Waals surface area contributed by atoms with Crippen LogP contribution in [0.1, 0.15) is 5.56 Å². The van der Waals surface area contributed by atoms with Crippen LogP contribution in [-0.4, -0.2) is 54.3 Å². The third-order valence-electron chi connectivity index (χ3n) is 3.24. The van der Waals surface area contributed by atoms with Crippen molar-refractivity contribution in [3.05, 3.63) is 23.8 Å². The summed E-state index contributed by atoms with van der Waals surface area (Å²) < 4.78 is 11.8. The van der Waals surface area contributed by atoms with Gasteiger partial charge in [0.15, 0.2) is 20.2 Å². The lowest BCUT2D eigenvalue weighted by Crippen LogP contribution is -2.27. The molecule has 0 saturated carbocycles. The third kappa shape index (κ3) is 7.27. The molecule has 8 nitrogen and oxygen atoms in total. The minimum absolute atomic E-state index is 0.0815. The zero-order chi connectivity index (χ0) is 19.6. The van der Waals surface area contributed by atoms with Gasteiger partial charge in [0.05, 0.1) is 25.7 Å². The number of carbonyl (C=O) groups is 2. The lowest BCUT2D eigenvalue weighted by Gasteiger charge is -2.10.